The zero-order chi connectivity index (χ0) is 22.8. The van der Waals surface area contributed by atoms with Crippen molar-refractivity contribution >= 4 is 23.3 Å². The molecule has 0 radical (unpaired) electrons. The quantitative estimate of drug-likeness (QED) is 0.701. The van der Waals surface area contributed by atoms with E-state index in [4.69, 9.17) is 16.3 Å². The van der Waals surface area contributed by atoms with E-state index in [1.165, 1.54) is 14.0 Å². The number of hydrogen-bond donors (Lipinski definition) is 1. The highest BCUT2D eigenvalue weighted by Crippen LogP contribution is 2.36. The van der Waals surface area contributed by atoms with Gasteiger partial charge in [0.1, 0.15) is 12.5 Å². The normalized spacial score (nSPS) is 20.6. The summed E-state index contributed by atoms with van der Waals surface area (Å²) in [6, 6.07) is 5.62. The summed E-state index contributed by atoms with van der Waals surface area (Å²) in [4.78, 5) is 25.7. The summed E-state index contributed by atoms with van der Waals surface area (Å²) in [5, 5.41) is 3.07. The monoisotopic (exact) mass is 452 g/mol. The van der Waals surface area contributed by atoms with E-state index in [9.17, 15) is 22.8 Å². The maximum absolute atomic E-state index is 13.5. The molecule has 31 heavy (non-hydrogen) atoms. The summed E-state index contributed by atoms with van der Waals surface area (Å²) in [7, 11) is 1.33. The number of hydrogen-bond acceptors (Lipinski definition) is 3. The van der Waals surface area contributed by atoms with Crippen LogP contribution in [0.15, 0.2) is 61.0 Å². The number of ketones is 1. The fraction of sp³-hybridized carbons (Fsp3) is 0.273. The van der Waals surface area contributed by atoms with Crippen LogP contribution in [0.5, 0.6) is 0 Å². The number of nitrogens with zero attached hydrogens (tertiary/aromatic N) is 1. The lowest BCUT2D eigenvalue weighted by Crippen LogP contribution is -2.53. The molecule has 0 saturated heterocycles. The first-order valence-corrected chi connectivity index (χ1v) is 9.67. The number of benzene rings is 1. The molecule has 9 heteroatoms. The van der Waals surface area contributed by atoms with Crippen LogP contribution in [0.2, 0.25) is 5.02 Å². The highest BCUT2D eigenvalue weighted by atomic mass is 35.5. The molecule has 1 amide bonds. The molecule has 3 rings (SSSR count). The molecule has 1 aromatic carbocycles. The van der Waals surface area contributed by atoms with E-state index in [1.54, 1.807) is 48.6 Å². The number of carbonyl (C=O) groups excluding carboxylic acids is 2. The Labute approximate surface area is 182 Å². The van der Waals surface area contributed by atoms with E-state index in [0.29, 0.717) is 10.6 Å². The summed E-state index contributed by atoms with van der Waals surface area (Å²) in [6.07, 6.45) is 3.64. The van der Waals surface area contributed by atoms with Crippen LogP contribution in [-0.4, -0.2) is 29.4 Å². The number of carbonyl (C=O) groups is 2. The molecule has 0 aliphatic heterocycles. The van der Waals surface area contributed by atoms with E-state index in [2.05, 4.69) is 5.32 Å². The molecule has 1 N–H and O–H groups in total. The minimum absolute atomic E-state index is 0.148. The average Bonchev–Trinajstić information content (AvgIpc) is 3.14. The first kappa shape index (κ1) is 22.8. The number of rotatable bonds is 6. The van der Waals surface area contributed by atoms with Crippen molar-refractivity contribution in [3.63, 3.8) is 0 Å². The minimum atomic E-state index is -4.73. The molecule has 1 aliphatic rings. The maximum atomic E-state index is 13.5. The predicted octanol–water partition coefficient (Wildman–Crippen LogP) is 4.52. The molecule has 2 atom stereocenters. The van der Waals surface area contributed by atoms with Gasteiger partial charge in [0, 0.05) is 24.5 Å². The number of nitrogens with one attached hydrogen (secondary N) is 1. The molecular formula is C22H20ClF3N2O3. The number of halogens is 4. The van der Waals surface area contributed by atoms with Crippen molar-refractivity contribution in [3.05, 3.63) is 82.7 Å². The fourth-order valence-corrected chi connectivity index (χ4v) is 3.82. The number of ether oxygens (including phenoxy) is 1. The lowest BCUT2D eigenvalue weighted by atomic mass is 9.69. The third-order valence-electron chi connectivity index (χ3n) is 5.16. The molecule has 1 aliphatic carbocycles. The Morgan fingerprint density at radius 3 is 2.45 bits per heavy atom. The second-order valence-corrected chi connectivity index (χ2v) is 7.58. The maximum Gasteiger partial charge on any atom is 0.418 e. The van der Waals surface area contributed by atoms with Gasteiger partial charge in [-0.15, -0.1) is 0 Å². The fourth-order valence-electron chi connectivity index (χ4n) is 3.70. The number of alkyl halides is 3. The van der Waals surface area contributed by atoms with Crippen LogP contribution >= 0.6 is 11.6 Å². The molecule has 0 fully saturated rings. The van der Waals surface area contributed by atoms with Gasteiger partial charge < -0.3 is 14.6 Å². The standard InChI is InChI=1S/C22H20ClF3N2O3/c1-14(29)21(15-6-8-16(23)9-7-15)10-4-3-5-19(21)27-20(30)17-11-28(13-31-2)12-18(17)22(24,25)26/h3-12,19H,13H2,1-2H3,(H,27,30). The summed E-state index contributed by atoms with van der Waals surface area (Å²) in [6.45, 7) is 1.22. The zero-order valence-corrected chi connectivity index (χ0v) is 17.5. The molecule has 1 heterocycles. The van der Waals surface area contributed by atoms with Crippen molar-refractivity contribution in [2.45, 2.75) is 31.3 Å². The smallest absolute Gasteiger partial charge is 0.364 e. The van der Waals surface area contributed by atoms with E-state index < -0.39 is 34.7 Å². The molecule has 0 bridgehead atoms. The second-order valence-electron chi connectivity index (χ2n) is 7.14. The predicted molar refractivity (Wildman–Crippen MR) is 110 cm³/mol. The van der Waals surface area contributed by atoms with Crippen LogP contribution in [0.3, 0.4) is 0 Å². The number of Topliss-reactive ketones (excluding diaryl/α,β-unsaturated/α-hetero) is 1. The third kappa shape index (κ3) is 4.45. The Morgan fingerprint density at radius 1 is 1.19 bits per heavy atom. The van der Waals surface area contributed by atoms with Crippen molar-refractivity contribution in [1.82, 2.24) is 9.88 Å². The third-order valence-corrected chi connectivity index (χ3v) is 5.42. The van der Waals surface area contributed by atoms with Crippen LogP contribution < -0.4 is 5.32 Å². The van der Waals surface area contributed by atoms with Crippen LogP contribution in [0.4, 0.5) is 13.2 Å². The largest absolute Gasteiger partial charge is 0.418 e. The highest BCUT2D eigenvalue weighted by Gasteiger charge is 2.44. The molecule has 2 unspecified atom stereocenters. The molecule has 1 aromatic heterocycles. The van der Waals surface area contributed by atoms with Crippen LogP contribution in [0.25, 0.3) is 0 Å². The van der Waals surface area contributed by atoms with Gasteiger partial charge in [-0.2, -0.15) is 13.2 Å². The topological polar surface area (TPSA) is 60.3 Å². The number of allylic oxidation sites excluding steroid dienone is 2. The second kappa shape index (κ2) is 8.72. The summed E-state index contributed by atoms with van der Waals surface area (Å²) in [5.41, 5.74) is -2.37. The van der Waals surface area contributed by atoms with Gasteiger partial charge in [0.25, 0.3) is 5.91 Å². The van der Waals surface area contributed by atoms with Crippen molar-refractivity contribution in [2.24, 2.45) is 0 Å². The Hall–Kier alpha value is -2.84. The number of amides is 1. The zero-order valence-electron chi connectivity index (χ0n) is 16.7. The summed E-state index contributed by atoms with van der Waals surface area (Å²) < 4.78 is 46.5. The molecular weight excluding hydrogens is 433 g/mol. The SMILES string of the molecule is COCn1cc(C(=O)NC2C=CC=CC2(C(C)=O)c2ccc(Cl)cc2)c(C(F)(F)F)c1. The van der Waals surface area contributed by atoms with Crippen molar-refractivity contribution in [2.75, 3.05) is 7.11 Å². The average molecular weight is 453 g/mol. The Balaban J connectivity index is 2.01. The van der Waals surface area contributed by atoms with Gasteiger partial charge in [-0.1, -0.05) is 48.0 Å². The van der Waals surface area contributed by atoms with Gasteiger partial charge in [-0.3, -0.25) is 9.59 Å². The highest BCUT2D eigenvalue weighted by molar-refractivity contribution is 6.30. The van der Waals surface area contributed by atoms with Gasteiger partial charge in [-0.05, 0) is 24.6 Å². The van der Waals surface area contributed by atoms with E-state index >= 15 is 0 Å². The Morgan fingerprint density at radius 2 is 1.87 bits per heavy atom. The molecule has 0 spiro atoms. The van der Waals surface area contributed by atoms with Gasteiger partial charge >= 0.3 is 6.18 Å². The lowest BCUT2D eigenvalue weighted by Gasteiger charge is -2.37. The van der Waals surface area contributed by atoms with E-state index in [0.717, 1.165) is 17.0 Å². The Kier molecular flexibility index (Phi) is 6.43. The van der Waals surface area contributed by atoms with Crippen LogP contribution in [-0.2, 0) is 27.9 Å². The van der Waals surface area contributed by atoms with Crippen LogP contribution in [0, 0.1) is 0 Å². The summed E-state index contributed by atoms with van der Waals surface area (Å²) in [5.74, 6) is -1.24. The molecule has 2 aromatic rings. The number of aromatic nitrogens is 1. The lowest BCUT2D eigenvalue weighted by molar-refractivity contribution is -0.138. The Bertz CT molecular complexity index is 1040. The van der Waals surface area contributed by atoms with Crippen molar-refractivity contribution in [3.8, 4) is 0 Å². The van der Waals surface area contributed by atoms with Crippen molar-refractivity contribution < 1.29 is 27.5 Å². The first-order valence-electron chi connectivity index (χ1n) is 9.29. The minimum Gasteiger partial charge on any atom is -0.364 e. The van der Waals surface area contributed by atoms with Crippen LogP contribution in [0.1, 0.15) is 28.4 Å². The van der Waals surface area contributed by atoms with E-state index in [-0.39, 0.29) is 12.5 Å². The van der Waals surface area contributed by atoms with E-state index in [1.807, 2.05) is 0 Å². The molecule has 164 valence electrons. The summed E-state index contributed by atoms with van der Waals surface area (Å²) >= 11 is 5.96. The number of methoxy groups -OCH3 is 1. The first-order chi connectivity index (χ1) is 14.6. The van der Waals surface area contributed by atoms with Gasteiger partial charge in [-0.25, -0.2) is 0 Å². The van der Waals surface area contributed by atoms with Gasteiger partial charge in [0.05, 0.1) is 22.6 Å². The molecule has 0 saturated carbocycles. The van der Waals surface area contributed by atoms with Gasteiger partial charge in [0.15, 0.2) is 0 Å². The molecule has 5 nitrogen and oxygen atoms in total. The van der Waals surface area contributed by atoms with Crippen molar-refractivity contribution in [1.29, 1.82) is 0 Å². The van der Waals surface area contributed by atoms with Gasteiger partial charge in [0.2, 0.25) is 0 Å².